The molecular weight excluding hydrogens is 235 g/mol. The average molecular weight is 247 g/mol. The molecule has 1 nitrogen and oxygen atoms in total. The molecule has 1 rings (SSSR count). The summed E-state index contributed by atoms with van der Waals surface area (Å²) < 4.78 is 19.0. The molecule has 0 bridgehead atoms. The molecule has 0 heterocycles. The summed E-state index contributed by atoms with van der Waals surface area (Å²) in [5.74, 6) is -0.140. The van der Waals surface area contributed by atoms with Gasteiger partial charge < -0.3 is 4.74 Å². The van der Waals surface area contributed by atoms with Crippen LogP contribution in [0.15, 0.2) is 22.7 Å². The molecule has 1 aromatic carbocycles. The minimum Gasteiger partial charge on any atom is -0.385 e. The fourth-order valence-electron chi connectivity index (χ4n) is 1.14. The van der Waals surface area contributed by atoms with Crippen LogP contribution in [0.1, 0.15) is 12.0 Å². The first-order valence-corrected chi connectivity index (χ1v) is 4.96. The average Bonchev–Trinajstić information content (AvgIpc) is 2.11. The molecule has 0 saturated carbocycles. The van der Waals surface area contributed by atoms with E-state index >= 15 is 0 Å². The fourth-order valence-corrected chi connectivity index (χ4v) is 1.55. The van der Waals surface area contributed by atoms with Crippen LogP contribution < -0.4 is 0 Å². The summed E-state index contributed by atoms with van der Waals surface area (Å²) in [7, 11) is 1.65. The highest BCUT2D eigenvalue weighted by molar-refractivity contribution is 9.10. The molecule has 1 aromatic rings. The Kier molecular flexibility index (Phi) is 4.39. The van der Waals surface area contributed by atoms with Gasteiger partial charge in [0.25, 0.3) is 0 Å². The quantitative estimate of drug-likeness (QED) is 0.742. The molecule has 0 radical (unpaired) electrons. The summed E-state index contributed by atoms with van der Waals surface area (Å²) in [5.41, 5.74) is 0.742. The summed E-state index contributed by atoms with van der Waals surface area (Å²) in [4.78, 5) is 0. The molecule has 0 N–H and O–H groups in total. The first-order chi connectivity index (χ1) is 6.24. The van der Waals surface area contributed by atoms with Gasteiger partial charge in [0.1, 0.15) is 5.82 Å². The van der Waals surface area contributed by atoms with Crippen molar-refractivity contribution in [3.05, 3.63) is 34.1 Å². The lowest BCUT2D eigenvalue weighted by Crippen LogP contribution is -1.95. The number of aryl methyl sites for hydroxylation is 1. The van der Waals surface area contributed by atoms with Crippen LogP contribution in [0.4, 0.5) is 4.39 Å². The van der Waals surface area contributed by atoms with E-state index in [4.69, 9.17) is 4.74 Å². The van der Waals surface area contributed by atoms with Crippen LogP contribution in [0.25, 0.3) is 0 Å². The zero-order valence-corrected chi connectivity index (χ0v) is 9.10. The molecule has 0 aliphatic heterocycles. The molecule has 0 aliphatic rings. The van der Waals surface area contributed by atoms with E-state index in [1.54, 1.807) is 13.2 Å². The number of ether oxygens (including phenoxy) is 1. The summed E-state index contributed by atoms with van der Waals surface area (Å²) in [6.45, 7) is 0.673. The predicted octanol–water partition coefficient (Wildman–Crippen LogP) is 3.17. The molecule has 72 valence electrons. The van der Waals surface area contributed by atoms with Gasteiger partial charge in [-0.05, 0) is 36.6 Å². The van der Waals surface area contributed by atoms with Crippen molar-refractivity contribution in [3.63, 3.8) is 0 Å². The second kappa shape index (κ2) is 5.35. The highest BCUT2D eigenvalue weighted by Crippen LogP contribution is 2.16. The van der Waals surface area contributed by atoms with E-state index in [0.717, 1.165) is 22.9 Å². The Balaban J connectivity index is 2.59. The summed E-state index contributed by atoms with van der Waals surface area (Å²) >= 11 is 3.31. The highest BCUT2D eigenvalue weighted by Gasteiger charge is 2.01. The molecule has 13 heavy (non-hydrogen) atoms. The molecule has 3 heteroatoms. The Morgan fingerprint density at radius 3 is 2.92 bits per heavy atom. The van der Waals surface area contributed by atoms with Gasteiger partial charge in [0.2, 0.25) is 0 Å². The van der Waals surface area contributed by atoms with Crippen LogP contribution in [0.2, 0.25) is 0 Å². The second-order valence-corrected chi connectivity index (χ2v) is 3.75. The molecule has 0 unspecified atom stereocenters. The van der Waals surface area contributed by atoms with E-state index in [-0.39, 0.29) is 5.82 Å². The largest absolute Gasteiger partial charge is 0.385 e. The number of hydrogen-bond acceptors (Lipinski definition) is 1. The van der Waals surface area contributed by atoms with Gasteiger partial charge in [-0.3, -0.25) is 0 Å². The number of rotatable bonds is 4. The minimum absolute atomic E-state index is 0.140. The molecule has 0 atom stereocenters. The summed E-state index contributed by atoms with van der Waals surface area (Å²) in [6, 6.07) is 4.99. The Morgan fingerprint density at radius 2 is 2.23 bits per heavy atom. The van der Waals surface area contributed by atoms with Crippen molar-refractivity contribution in [2.75, 3.05) is 13.7 Å². The van der Waals surface area contributed by atoms with Gasteiger partial charge in [-0.15, -0.1) is 0 Å². The third kappa shape index (κ3) is 3.44. The third-order valence-corrected chi connectivity index (χ3v) is 2.30. The van der Waals surface area contributed by atoms with Crippen molar-refractivity contribution in [1.29, 1.82) is 0 Å². The highest BCUT2D eigenvalue weighted by atomic mass is 79.9. The lowest BCUT2D eigenvalue weighted by atomic mass is 10.1. The van der Waals surface area contributed by atoms with Crippen LogP contribution in [0.5, 0.6) is 0 Å². The van der Waals surface area contributed by atoms with E-state index in [1.165, 1.54) is 6.07 Å². The number of benzene rings is 1. The van der Waals surface area contributed by atoms with Gasteiger partial charge in [0.15, 0.2) is 0 Å². The SMILES string of the molecule is COCCCc1cc(Br)ccc1F. The van der Waals surface area contributed by atoms with Crippen molar-refractivity contribution in [3.8, 4) is 0 Å². The smallest absolute Gasteiger partial charge is 0.126 e. The van der Waals surface area contributed by atoms with E-state index in [0.29, 0.717) is 6.61 Å². The normalized spacial score (nSPS) is 10.4. The van der Waals surface area contributed by atoms with Gasteiger partial charge in [0, 0.05) is 18.2 Å². The fraction of sp³-hybridized carbons (Fsp3) is 0.400. The van der Waals surface area contributed by atoms with Gasteiger partial charge in [-0.2, -0.15) is 0 Å². The first-order valence-electron chi connectivity index (χ1n) is 4.17. The molecule has 0 amide bonds. The molecule has 0 fully saturated rings. The first kappa shape index (κ1) is 10.7. The van der Waals surface area contributed by atoms with Crippen LogP contribution in [0.3, 0.4) is 0 Å². The maximum Gasteiger partial charge on any atom is 0.126 e. The second-order valence-electron chi connectivity index (χ2n) is 2.83. The Bertz CT molecular complexity index is 276. The monoisotopic (exact) mass is 246 g/mol. The molecule has 0 saturated heterocycles. The van der Waals surface area contributed by atoms with E-state index in [9.17, 15) is 4.39 Å². The minimum atomic E-state index is -0.140. The molecular formula is C10H12BrFO. The van der Waals surface area contributed by atoms with Crippen molar-refractivity contribution in [2.24, 2.45) is 0 Å². The number of methoxy groups -OCH3 is 1. The van der Waals surface area contributed by atoms with Crippen molar-refractivity contribution >= 4 is 15.9 Å². The van der Waals surface area contributed by atoms with Crippen LogP contribution in [-0.4, -0.2) is 13.7 Å². The van der Waals surface area contributed by atoms with Crippen LogP contribution >= 0.6 is 15.9 Å². The lowest BCUT2D eigenvalue weighted by molar-refractivity contribution is 0.195. The van der Waals surface area contributed by atoms with Crippen LogP contribution in [0, 0.1) is 5.82 Å². The maximum atomic E-state index is 13.1. The Hall–Kier alpha value is -0.410. The molecule has 0 aliphatic carbocycles. The standard InChI is InChI=1S/C10H12BrFO/c1-13-6-2-3-8-7-9(11)4-5-10(8)12/h4-5,7H,2-3,6H2,1H3. The Morgan fingerprint density at radius 1 is 1.46 bits per heavy atom. The number of hydrogen-bond donors (Lipinski definition) is 0. The van der Waals surface area contributed by atoms with Crippen LogP contribution in [-0.2, 0) is 11.2 Å². The zero-order chi connectivity index (χ0) is 9.68. The summed E-state index contributed by atoms with van der Waals surface area (Å²) in [6.07, 6.45) is 1.57. The van der Waals surface area contributed by atoms with Gasteiger partial charge in [-0.25, -0.2) is 4.39 Å². The lowest BCUT2D eigenvalue weighted by Gasteiger charge is -2.03. The van der Waals surface area contributed by atoms with E-state index in [2.05, 4.69) is 15.9 Å². The van der Waals surface area contributed by atoms with Gasteiger partial charge in [0.05, 0.1) is 0 Å². The topological polar surface area (TPSA) is 9.23 Å². The molecule has 0 spiro atoms. The Labute approximate surface area is 86.0 Å². The molecule has 0 aromatic heterocycles. The number of halogens is 2. The van der Waals surface area contributed by atoms with E-state index < -0.39 is 0 Å². The van der Waals surface area contributed by atoms with Crippen molar-refractivity contribution < 1.29 is 9.13 Å². The third-order valence-electron chi connectivity index (χ3n) is 1.80. The summed E-state index contributed by atoms with van der Waals surface area (Å²) in [5, 5.41) is 0. The van der Waals surface area contributed by atoms with Crippen molar-refractivity contribution in [2.45, 2.75) is 12.8 Å². The van der Waals surface area contributed by atoms with Gasteiger partial charge in [-0.1, -0.05) is 15.9 Å². The van der Waals surface area contributed by atoms with Gasteiger partial charge >= 0.3 is 0 Å². The van der Waals surface area contributed by atoms with E-state index in [1.807, 2.05) is 6.07 Å². The maximum absolute atomic E-state index is 13.1. The zero-order valence-electron chi connectivity index (χ0n) is 7.52. The predicted molar refractivity (Wildman–Crippen MR) is 54.3 cm³/mol. The van der Waals surface area contributed by atoms with Crippen molar-refractivity contribution in [1.82, 2.24) is 0 Å².